The average Bonchev–Trinajstić information content (AvgIpc) is 3.54. The number of rotatable bonds is 15. The summed E-state index contributed by atoms with van der Waals surface area (Å²) in [6, 6.07) is 1.31. The maximum atomic E-state index is 13.4. The molecule has 0 saturated carbocycles. The average molecular weight is 609 g/mol. The Labute approximate surface area is 225 Å². The zero-order valence-electron chi connectivity index (χ0n) is 19.7. The minimum atomic E-state index is -4.59. The molecule has 0 bridgehead atoms. The molecule has 39 heavy (non-hydrogen) atoms. The largest absolute Gasteiger partial charge is 0.475 e. The lowest BCUT2D eigenvalue weighted by atomic mass is 10.3. The molecule has 3 aromatic rings. The Morgan fingerprint density at radius 3 is 2.05 bits per heavy atom. The molecule has 0 spiro atoms. The van der Waals surface area contributed by atoms with Crippen molar-refractivity contribution in [1.29, 1.82) is 0 Å². The number of thiazole rings is 2. The van der Waals surface area contributed by atoms with E-state index < -0.39 is 72.1 Å². The van der Waals surface area contributed by atoms with Crippen LogP contribution in [0.5, 0.6) is 0 Å². The van der Waals surface area contributed by atoms with Crippen molar-refractivity contribution in [3.05, 3.63) is 65.1 Å². The van der Waals surface area contributed by atoms with Crippen molar-refractivity contribution in [3.63, 3.8) is 0 Å². The normalized spacial score (nSPS) is 13.4. The minimum Gasteiger partial charge on any atom is -0.383 e. The minimum absolute atomic E-state index is 0.0432. The first kappa shape index (κ1) is 30.3. The van der Waals surface area contributed by atoms with Crippen LogP contribution in [0.3, 0.4) is 0 Å². The van der Waals surface area contributed by atoms with Crippen LogP contribution in [0.15, 0.2) is 29.5 Å². The molecule has 0 fully saturated rings. The summed E-state index contributed by atoms with van der Waals surface area (Å²) in [6.45, 7) is -0.444. The highest BCUT2D eigenvalue weighted by Crippen LogP contribution is 2.51. The van der Waals surface area contributed by atoms with Gasteiger partial charge in [-0.25, -0.2) is 9.36 Å². The molecule has 0 amide bonds. The van der Waals surface area contributed by atoms with E-state index in [-0.39, 0.29) is 15.6 Å². The predicted octanol–water partition coefficient (Wildman–Crippen LogP) is 1.33. The molecule has 0 aliphatic rings. The Balaban J connectivity index is 1.73. The van der Waals surface area contributed by atoms with Gasteiger partial charge < -0.3 is 40.9 Å². The van der Waals surface area contributed by atoms with E-state index in [2.05, 4.69) is 15.0 Å². The van der Waals surface area contributed by atoms with Crippen LogP contribution in [0.2, 0.25) is 0 Å². The monoisotopic (exact) mass is 609 g/mol. The number of ether oxygens (including phenoxy) is 1. The third-order valence-electron chi connectivity index (χ3n) is 4.47. The summed E-state index contributed by atoms with van der Waals surface area (Å²) >= 11 is 1.28. The molecular weight excluding hydrogens is 589 g/mol. The van der Waals surface area contributed by atoms with Crippen molar-refractivity contribution >= 4 is 46.6 Å². The quantitative estimate of drug-likeness (QED) is 0.0948. The lowest BCUT2D eigenvalue weighted by Crippen LogP contribution is -2.37. The van der Waals surface area contributed by atoms with E-state index in [0.29, 0.717) is 22.7 Å². The molecule has 212 valence electrons. The fourth-order valence-electron chi connectivity index (χ4n) is 2.68. The van der Waals surface area contributed by atoms with Gasteiger partial charge in [-0.15, -0.1) is 0 Å². The van der Waals surface area contributed by atoms with Crippen LogP contribution < -0.4 is 11.4 Å². The number of aliphatic hydroxyl groups excluding tert-OH is 1. The molecule has 0 aliphatic carbocycles. The van der Waals surface area contributed by atoms with Crippen LogP contribution in [0.1, 0.15) is 22.9 Å². The zero-order chi connectivity index (χ0) is 28.7. The van der Waals surface area contributed by atoms with E-state index in [1.807, 2.05) is 0 Å². The Kier molecular flexibility index (Phi) is 10.2. The van der Waals surface area contributed by atoms with Gasteiger partial charge in [0.2, 0.25) is 0 Å². The summed E-state index contributed by atoms with van der Waals surface area (Å²) in [5.41, 5.74) is 4.66. The number of hydrogen-bond donors (Lipinski definition) is 3. The van der Waals surface area contributed by atoms with Gasteiger partial charge in [-0.2, -0.15) is 4.98 Å². The highest BCUT2D eigenvalue weighted by atomic mass is 32.1. The topological polar surface area (TPSA) is 267 Å². The number of nitrogens with zero attached hydrogens (tertiary/aromatic N) is 6. The fraction of sp³-hybridized carbons (Fsp3) is 0.412. The second-order valence-corrected chi connectivity index (χ2v) is 11.1. The number of nitro groups is 2. The SMILES string of the molecule is C[C@@H](O[C@H](COP(=O)(OCc1cnc([N+](=O)[O-])s1)OCc1cnc([N+](=O)[O-])s1)C(O)O)n1ccc(N)nc1=O. The second kappa shape index (κ2) is 13.2. The Bertz CT molecular complexity index is 1350. The highest BCUT2D eigenvalue weighted by Gasteiger charge is 2.33. The summed E-state index contributed by atoms with van der Waals surface area (Å²) in [7, 11) is -4.59. The highest BCUT2D eigenvalue weighted by molar-refractivity contribution is 7.48. The maximum Gasteiger partial charge on any atom is 0.475 e. The molecule has 0 saturated heterocycles. The number of phosphoric acid groups is 1. The van der Waals surface area contributed by atoms with Gasteiger partial charge in [0.25, 0.3) is 0 Å². The van der Waals surface area contributed by atoms with E-state index in [1.165, 1.54) is 19.2 Å². The Hall–Kier alpha value is -3.27. The number of nitrogens with two attached hydrogens (primary N) is 1. The number of nitrogen functional groups attached to an aromatic ring is 1. The van der Waals surface area contributed by atoms with Crippen molar-refractivity contribution in [2.45, 2.75) is 38.8 Å². The van der Waals surface area contributed by atoms with E-state index >= 15 is 0 Å². The van der Waals surface area contributed by atoms with Gasteiger partial charge in [0.1, 0.15) is 18.1 Å². The van der Waals surface area contributed by atoms with Crippen LogP contribution in [-0.4, -0.2) is 58.6 Å². The van der Waals surface area contributed by atoms with Crippen LogP contribution in [0.25, 0.3) is 0 Å². The lowest BCUT2D eigenvalue weighted by Gasteiger charge is -2.26. The predicted molar refractivity (Wildman–Crippen MR) is 131 cm³/mol. The van der Waals surface area contributed by atoms with Gasteiger partial charge >= 0.3 is 23.8 Å². The molecule has 3 rings (SSSR count). The van der Waals surface area contributed by atoms with Crippen molar-refractivity contribution in [3.8, 4) is 0 Å². The molecule has 3 aromatic heterocycles. The van der Waals surface area contributed by atoms with Crippen LogP contribution in [0.4, 0.5) is 16.1 Å². The molecule has 4 N–H and O–H groups in total. The lowest BCUT2D eigenvalue weighted by molar-refractivity contribution is -0.384. The standard InChI is InChI=1S/C17H20N7O12PS2/c1-9(22-3-2-13(18)21-15(22)27)36-12(14(25)26)8-35-37(32,33-6-10-4-19-16(38-10)23(28)29)34-7-11-5-20-17(39-11)24(30)31/h2-5,9,12,14,25-26H,6-8H2,1H3,(H2,18,21,27)/t9-,12-/m1/s1. The first-order valence-electron chi connectivity index (χ1n) is 10.4. The van der Waals surface area contributed by atoms with Crippen molar-refractivity contribution in [2.24, 2.45) is 0 Å². The third kappa shape index (κ3) is 8.61. The molecule has 19 nitrogen and oxygen atoms in total. The summed E-state index contributed by atoms with van der Waals surface area (Å²) in [5.74, 6) is -0.0432. The van der Waals surface area contributed by atoms with Crippen molar-refractivity contribution < 1.29 is 42.9 Å². The van der Waals surface area contributed by atoms with E-state index in [4.69, 9.17) is 24.0 Å². The Morgan fingerprint density at radius 1 is 1.08 bits per heavy atom. The molecule has 0 radical (unpaired) electrons. The Morgan fingerprint density at radius 2 is 1.62 bits per heavy atom. The van der Waals surface area contributed by atoms with Gasteiger partial charge in [-0.1, -0.05) is 0 Å². The summed E-state index contributed by atoms with van der Waals surface area (Å²) in [5, 5.41) is 40.3. The summed E-state index contributed by atoms with van der Waals surface area (Å²) < 4.78 is 35.5. The van der Waals surface area contributed by atoms with Gasteiger partial charge in [0, 0.05) is 6.20 Å². The summed E-state index contributed by atoms with van der Waals surface area (Å²) in [6.07, 6.45) is -1.41. The first-order chi connectivity index (χ1) is 18.4. The van der Waals surface area contributed by atoms with E-state index in [0.717, 1.165) is 17.0 Å². The van der Waals surface area contributed by atoms with Crippen LogP contribution in [-0.2, 0) is 36.1 Å². The number of aromatic nitrogens is 4. The summed E-state index contributed by atoms with van der Waals surface area (Å²) in [4.78, 5) is 43.3. The molecule has 3 heterocycles. The van der Waals surface area contributed by atoms with E-state index in [9.17, 15) is 39.8 Å². The van der Waals surface area contributed by atoms with Crippen molar-refractivity contribution in [1.82, 2.24) is 19.5 Å². The van der Waals surface area contributed by atoms with Gasteiger partial charge in [-0.3, -0.25) is 18.1 Å². The molecule has 0 unspecified atom stereocenters. The van der Waals surface area contributed by atoms with Crippen LogP contribution >= 0.6 is 30.5 Å². The maximum absolute atomic E-state index is 13.4. The molecule has 0 aromatic carbocycles. The van der Waals surface area contributed by atoms with Gasteiger partial charge in [0.05, 0.1) is 29.6 Å². The molecular formula is C17H20N7O12PS2. The molecule has 0 aliphatic heterocycles. The molecule has 2 atom stereocenters. The van der Waals surface area contributed by atoms with Crippen LogP contribution in [0, 0.1) is 20.2 Å². The number of hydrogen-bond acceptors (Lipinski definition) is 18. The molecule has 22 heteroatoms. The smallest absolute Gasteiger partial charge is 0.383 e. The number of anilines is 1. The first-order valence-corrected chi connectivity index (χ1v) is 13.5. The van der Waals surface area contributed by atoms with Gasteiger partial charge in [-0.05, 0) is 55.5 Å². The van der Waals surface area contributed by atoms with E-state index in [1.54, 1.807) is 0 Å². The zero-order valence-corrected chi connectivity index (χ0v) is 22.2. The van der Waals surface area contributed by atoms with Gasteiger partial charge in [0.15, 0.2) is 18.7 Å². The second-order valence-electron chi connectivity index (χ2n) is 7.25. The van der Waals surface area contributed by atoms with Crippen molar-refractivity contribution in [2.75, 3.05) is 12.3 Å². The number of aliphatic hydroxyl groups is 2. The number of phosphoric ester groups is 1. The third-order valence-corrected chi connectivity index (χ3v) is 7.67. The fourth-order valence-corrected chi connectivity index (χ4v) is 5.27.